The van der Waals surface area contributed by atoms with Gasteiger partial charge in [-0.1, -0.05) is 0 Å². The first-order valence-corrected chi connectivity index (χ1v) is 8.66. The standard InChI is InChI=1S/C12H9BrFNO4S2/c1-6-2-8(13)9(14)4-10(6)15-21(18,19)7-3-11(12(16)17)20-5-7/h2-5,15H,1H3,(H,16,17). The molecule has 0 unspecified atom stereocenters. The first kappa shape index (κ1) is 15.9. The highest BCUT2D eigenvalue weighted by Crippen LogP contribution is 2.27. The fourth-order valence-corrected chi connectivity index (χ4v) is 4.22. The van der Waals surface area contributed by atoms with Gasteiger partial charge in [-0.05, 0) is 46.6 Å². The fourth-order valence-electron chi connectivity index (χ4n) is 1.53. The first-order valence-electron chi connectivity index (χ1n) is 5.51. The van der Waals surface area contributed by atoms with Crippen LogP contribution in [0.15, 0.2) is 32.9 Å². The molecule has 0 spiro atoms. The monoisotopic (exact) mass is 393 g/mol. The van der Waals surface area contributed by atoms with E-state index in [-0.39, 0.29) is 19.9 Å². The summed E-state index contributed by atoms with van der Waals surface area (Å²) in [4.78, 5) is 10.5. The second kappa shape index (κ2) is 5.74. The van der Waals surface area contributed by atoms with Crippen molar-refractivity contribution in [2.45, 2.75) is 11.8 Å². The van der Waals surface area contributed by atoms with E-state index in [1.807, 2.05) is 0 Å². The molecule has 112 valence electrons. The third kappa shape index (κ3) is 3.42. The van der Waals surface area contributed by atoms with E-state index in [9.17, 15) is 17.6 Å². The minimum absolute atomic E-state index is 0.0888. The van der Waals surface area contributed by atoms with Crippen LogP contribution in [0.3, 0.4) is 0 Å². The summed E-state index contributed by atoms with van der Waals surface area (Å²) >= 11 is 3.81. The normalized spacial score (nSPS) is 11.4. The molecule has 0 fully saturated rings. The van der Waals surface area contributed by atoms with Gasteiger partial charge in [0.15, 0.2) is 0 Å². The van der Waals surface area contributed by atoms with Crippen LogP contribution in [0.25, 0.3) is 0 Å². The van der Waals surface area contributed by atoms with Crippen molar-refractivity contribution >= 4 is 48.9 Å². The molecular formula is C12H9BrFNO4S2. The molecule has 0 aliphatic heterocycles. The maximum absolute atomic E-state index is 13.5. The molecular weight excluding hydrogens is 385 g/mol. The molecule has 0 amide bonds. The molecule has 0 aliphatic rings. The van der Waals surface area contributed by atoms with Crippen molar-refractivity contribution < 1.29 is 22.7 Å². The summed E-state index contributed by atoms with van der Waals surface area (Å²) in [5.74, 6) is -1.80. The lowest BCUT2D eigenvalue weighted by Gasteiger charge is -2.10. The number of nitrogens with one attached hydrogen (secondary N) is 1. The van der Waals surface area contributed by atoms with E-state index in [0.29, 0.717) is 5.56 Å². The van der Waals surface area contributed by atoms with Gasteiger partial charge in [0.2, 0.25) is 0 Å². The summed E-state index contributed by atoms with van der Waals surface area (Å²) in [5, 5.41) is 10.0. The van der Waals surface area contributed by atoms with Crippen LogP contribution in [0.4, 0.5) is 10.1 Å². The molecule has 2 N–H and O–H groups in total. The Bertz CT molecular complexity index is 817. The van der Waals surface area contributed by atoms with Crippen LogP contribution in [0.2, 0.25) is 0 Å². The predicted octanol–water partition coefficient (Wildman–Crippen LogP) is 3.46. The van der Waals surface area contributed by atoms with Gasteiger partial charge in [0.25, 0.3) is 10.0 Å². The number of carboxylic acids is 1. The highest BCUT2D eigenvalue weighted by molar-refractivity contribution is 9.10. The Hall–Kier alpha value is -1.45. The molecule has 1 heterocycles. The van der Waals surface area contributed by atoms with Crippen molar-refractivity contribution in [3.63, 3.8) is 0 Å². The molecule has 2 aromatic rings. The third-order valence-corrected chi connectivity index (χ3v) is 5.63. The van der Waals surface area contributed by atoms with Gasteiger partial charge in [-0.15, -0.1) is 11.3 Å². The van der Waals surface area contributed by atoms with Crippen molar-refractivity contribution in [2.24, 2.45) is 0 Å². The van der Waals surface area contributed by atoms with Gasteiger partial charge in [-0.25, -0.2) is 17.6 Å². The molecule has 2 rings (SSSR count). The molecule has 0 bridgehead atoms. The van der Waals surface area contributed by atoms with Crippen LogP contribution in [-0.2, 0) is 10.0 Å². The van der Waals surface area contributed by atoms with E-state index in [4.69, 9.17) is 5.11 Å². The average Bonchev–Trinajstić information content (AvgIpc) is 2.86. The number of hydrogen-bond donors (Lipinski definition) is 2. The van der Waals surface area contributed by atoms with E-state index in [1.54, 1.807) is 6.92 Å². The van der Waals surface area contributed by atoms with Gasteiger partial charge >= 0.3 is 5.97 Å². The summed E-state index contributed by atoms with van der Waals surface area (Å²) in [6.07, 6.45) is 0. The van der Waals surface area contributed by atoms with Crippen LogP contribution in [0.5, 0.6) is 0 Å². The van der Waals surface area contributed by atoms with Crippen molar-refractivity contribution in [1.82, 2.24) is 0 Å². The Morgan fingerprint density at radius 3 is 2.62 bits per heavy atom. The summed E-state index contributed by atoms with van der Waals surface area (Å²) in [6, 6.07) is 3.56. The van der Waals surface area contributed by atoms with E-state index >= 15 is 0 Å². The molecule has 0 radical (unpaired) electrons. The van der Waals surface area contributed by atoms with Crippen molar-refractivity contribution in [3.05, 3.63) is 44.3 Å². The number of carboxylic acid groups (broad SMARTS) is 1. The van der Waals surface area contributed by atoms with Crippen molar-refractivity contribution in [2.75, 3.05) is 4.72 Å². The van der Waals surface area contributed by atoms with Gasteiger partial charge in [0.05, 0.1) is 15.1 Å². The lowest BCUT2D eigenvalue weighted by atomic mass is 10.2. The van der Waals surface area contributed by atoms with Gasteiger partial charge < -0.3 is 5.11 Å². The van der Waals surface area contributed by atoms with Crippen molar-refractivity contribution in [3.8, 4) is 0 Å². The highest BCUT2D eigenvalue weighted by Gasteiger charge is 2.20. The number of hydrogen-bond acceptors (Lipinski definition) is 4. The summed E-state index contributed by atoms with van der Waals surface area (Å²) in [7, 11) is -3.96. The Morgan fingerprint density at radius 1 is 1.38 bits per heavy atom. The smallest absolute Gasteiger partial charge is 0.345 e. The Kier molecular flexibility index (Phi) is 4.35. The Morgan fingerprint density at radius 2 is 2.05 bits per heavy atom. The highest BCUT2D eigenvalue weighted by atomic mass is 79.9. The van der Waals surface area contributed by atoms with E-state index in [1.165, 1.54) is 11.4 Å². The minimum Gasteiger partial charge on any atom is -0.477 e. The van der Waals surface area contributed by atoms with Crippen LogP contribution in [0.1, 0.15) is 15.2 Å². The Labute approximate surface area is 132 Å². The zero-order chi connectivity index (χ0) is 15.8. The maximum atomic E-state index is 13.5. The summed E-state index contributed by atoms with van der Waals surface area (Å²) < 4.78 is 40.3. The van der Waals surface area contributed by atoms with E-state index in [0.717, 1.165) is 23.5 Å². The number of aromatic carboxylic acids is 1. The maximum Gasteiger partial charge on any atom is 0.345 e. The molecule has 9 heteroatoms. The third-order valence-electron chi connectivity index (χ3n) is 2.61. The van der Waals surface area contributed by atoms with Crippen LogP contribution in [0, 0.1) is 12.7 Å². The van der Waals surface area contributed by atoms with Gasteiger partial charge in [-0.2, -0.15) is 0 Å². The number of halogens is 2. The number of anilines is 1. The largest absolute Gasteiger partial charge is 0.477 e. The first-order chi connectivity index (χ1) is 9.70. The van der Waals surface area contributed by atoms with Crippen LogP contribution in [-0.4, -0.2) is 19.5 Å². The van der Waals surface area contributed by atoms with Crippen LogP contribution >= 0.6 is 27.3 Å². The lowest BCUT2D eigenvalue weighted by Crippen LogP contribution is -2.13. The molecule has 0 saturated heterocycles. The number of thiophene rings is 1. The predicted molar refractivity (Wildman–Crippen MR) is 80.9 cm³/mol. The number of rotatable bonds is 4. The van der Waals surface area contributed by atoms with Gasteiger partial charge in [-0.3, -0.25) is 4.72 Å². The van der Waals surface area contributed by atoms with Crippen LogP contribution < -0.4 is 4.72 Å². The number of sulfonamides is 1. The Balaban J connectivity index is 2.37. The molecule has 1 aromatic heterocycles. The summed E-state index contributed by atoms with van der Waals surface area (Å²) in [5.41, 5.74) is 0.624. The molecule has 0 atom stereocenters. The molecule has 0 saturated carbocycles. The molecule has 5 nitrogen and oxygen atoms in total. The number of carbonyl (C=O) groups is 1. The van der Waals surface area contributed by atoms with Gasteiger partial charge in [0.1, 0.15) is 10.7 Å². The SMILES string of the molecule is Cc1cc(Br)c(F)cc1NS(=O)(=O)c1csc(C(=O)O)c1. The topological polar surface area (TPSA) is 83.5 Å². The van der Waals surface area contributed by atoms with Crippen molar-refractivity contribution in [1.29, 1.82) is 0 Å². The zero-order valence-electron chi connectivity index (χ0n) is 10.6. The molecule has 21 heavy (non-hydrogen) atoms. The minimum atomic E-state index is -3.96. The molecule has 0 aliphatic carbocycles. The average molecular weight is 394 g/mol. The zero-order valence-corrected chi connectivity index (χ0v) is 13.8. The van der Waals surface area contributed by atoms with Gasteiger partial charge in [0, 0.05) is 5.38 Å². The number of benzene rings is 1. The van der Waals surface area contributed by atoms with E-state index in [2.05, 4.69) is 20.7 Å². The quantitative estimate of drug-likeness (QED) is 0.832. The molecule has 1 aromatic carbocycles. The summed E-state index contributed by atoms with van der Waals surface area (Å²) in [6.45, 7) is 1.62. The lowest BCUT2D eigenvalue weighted by molar-refractivity contribution is 0.0702. The number of aryl methyl sites for hydroxylation is 1. The van der Waals surface area contributed by atoms with E-state index < -0.39 is 21.8 Å². The fraction of sp³-hybridized carbons (Fsp3) is 0.0833. The second-order valence-corrected chi connectivity index (χ2v) is 7.59. The second-order valence-electron chi connectivity index (χ2n) is 4.14.